The Hall–Kier alpha value is -2.36. The number of ether oxygens (including phenoxy) is 1. The molecule has 114 valence electrons. The number of hydrogen-bond donors (Lipinski definition) is 6. The molecule has 0 aromatic heterocycles. The molecule has 0 unspecified atom stereocenters. The SMILES string of the molecule is CC(C)(C)NC(=O)OCC(=O)NC(=N)NNC(=O)CO. The molecular formula is C10H19N5O5. The number of hydrazine groups is 1. The van der Waals surface area contributed by atoms with Crippen LogP contribution in [0.4, 0.5) is 4.79 Å². The summed E-state index contributed by atoms with van der Waals surface area (Å²) in [5.74, 6) is -2.06. The smallest absolute Gasteiger partial charge is 0.408 e. The van der Waals surface area contributed by atoms with Crippen LogP contribution >= 0.6 is 0 Å². The van der Waals surface area contributed by atoms with Crippen LogP contribution in [0, 0.1) is 5.41 Å². The fourth-order valence-corrected chi connectivity index (χ4v) is 0.852. The largest absolute Gasteiger partial charge is 0.439 e. The van der Waals surface area contributed by atoms with Gasteiger partial charge in [0.2, 0.25) is 5.96 Å². The second kappa shape index (κ2) is 7.94. The number of aliphatic hydroxyl groups excluding tert-OH is 1. The van der Waals surface area contributed by atoms with Gasteiger partial charge in [0.25, 0.3) is 11.8 Å². The van der Waals surface area contributed by atoms with Crippen molar-refractivity contribution in [2.24, 2.45) is 0 Å². The number of hydrogen-bond acceptors (Lipinski definition) is 6. The van der Waals surface area contributed by atoms with E-state index >= 15 is 0 Å². The van der Waals surface area contributed by atoms with E-state index in [4.69, 9.17) is 10.5 Å². The second-order valence-corrected chi connectivity index (χ2v) is 4.71. The van der Waals surface area contributed by atoms with Gasteiger partial charge in [-0.1, -0.05) is 0 Å². The van der Waals surface area contributed by atoms with Gasteiger partial charge in [-0.15, -0.1) is 0 Å². The van der Waals surface area contributed by atoms with E-state index < -0.39 is 42.6 Å². The molecule has 10 heteroatoms. The van der Waals surface area contributed by atoms with Gasteiger partial charge < -0.3 is 15.2 Å². The molecule has 6 N–H and O–H groups in total. The Morgan fingerprint density at radius 3 is 2.25 bits per heavy atom. The number of carbonyl (C=O) groups excluding carboxylic acids is 3. The van der Waals surface area contributed by atoms with Gasteiger partial charge in [-0.05, 0) is 20.8 Å². The highest BCUT2D eigenvalue weighted by molar-refractivity contribution is 5.97. The number of amides is 3. The molecule has 0 saturated carbocycles. The molecule has 0 aliphatic heterocycles. The maximum atomic E-state index is 11.3. The average Bonchev–Trinajstić information content (AvgIpc) is 2.31. The third-order valence-electron chi connectivity index (χ3n) is 1.55. The molecule has 0 aromatic rings. The molecule has 0 saturated heterocycles. The monoisotopic (exact) mass is 289 g/mol. The highest BCUT2D eigenvalue weighted by Gasteiger charge is 2.16. The normalized spacial score (nSPS) is 10.2. The maximum absolute atomic E-state index is 11.3. The first-order chi connectivity index (χ1) is 9.14. The van der Waals surface area contributed by atoms with Crippen LogP contribution in [0.3, 0.4) is 0 Å². The first-order valence-corrected chi connectivity index (χ1v) is 5.63. The lowest BCUT2D eigenvalue weighted by Crippen LogP contribution is -2.51. The zero-order valence-electron chi connectivity index (χ0n) is 11.5. The summed E-state index contributed by atoms with van der Waals surface area (Å²) in [6.45, 7) is 3.90. The topological polar surface area (TPSA) is 153 Å². The van der Waals surface area contributed by atoms with Crippen molar-refractivity contribution < 1.29 is 24.2 Å². The number of carbonyl (C=O) groups is 3. The number of aliphatic hydroxyl groups is 1. The van der Waals surface area contributed by atoms with Crippen LogP contribution in [0.1, 0.15) is 20.8 Å². The summed E-state index contributed by atoms with van der Waals surface area (Å²) in [7, 11) is 0. The van der Waals surface area contributed by atoms with E-state index in [1.165, 1.54) is 0 Å². The van der Waals surface area contributed by atoms with E-state index in [9.17, 15) is 14.4 Å². The Kier molecular flexibility index (Phi) is 7.00. The van der Waals surface area contributed by atoms with Gasteiger partial charge in [0.1, 0.15) is 6.61 Å². The van der Waals surface area contributed by atoms with Gasteiger partial charge in [0.05, 0.1) is 0 Å². The minimum atomic E-state index is -0.773. The van der Waals surface area contributed by atoms with Gasteiger partial charge in [-0.2, -0.15) is 0 Å². The molecule has 0 bridgehead atoms. The fourth-order valence-electron chi connectivity index (χ4n) is 0.852. The summed E-state index contributed by atoms with van der Waals surface area (Å²) in [4.78, 5) is 33.2. The predicted molar refractivity (Wildman–Crippen MR) is 68.5 cm³/mol. The van der Waals surface area contributed by atoms with E-state index in [2.05, 4.69) is 10.1 Å². The molecule has 10 nitrogen and oxygen atoms in total. The van der Waals surface area contributed by atoms with Gasteiger partial charge in [-0.3, -0.25) is 31.2 Å². The minimum Gasteiger partial charge on any atom is -0.439 e. The summed E-state index contributed by atoms with van der Waals surface area (Å²) in [6, 6.07) is 0. The van der Waals surface area contributed by atoms with E-state index in [0.29, 0.717) is 0 Å². The molecule has 0 fully saturated rings. The summed E-state index contributed by atoms with van der Waals surface area (Å²) < 4.78 is 4.61. The van der Waals surface area contributed by atoms with Crippen molar-refractivity contribution in [3.05, 3.63) is 0 Å². The lowest BCUT2D eigenvalue weighted by Gasteiger charge is -2.19. The summed E-state index contributed by atoms with van der Waals surface area (Å²) in [5.41, 5.74) is 3.47. The lowest BCUT2D eigenvalue weighted by atomic mass is 10.1. The van der Waals surface area contributed by atoms with Crippen molar-refractivity contribution in [3.63, 3.8) is 0 Å². The quantitative estimate of drug-likeness (QED) is 0.204. The van der Waals surface area contributed by atoms with Crippen LogP contribution in [-0.4, -0.2) is 47.7 Å². The van der Waals surface area contributed by atoms with Crippen molar-refractivity contribution in [3.8, 4) is 0 Å². The average molecular weight is 289 g/mol. The van der Waals surface area contributed by atoms with Crippen molar-refractivity contribution in [1.82, 2.24) is 21.5 Å². The molecule has 0 spiro atoms. The highest BCUT2D eigenvalue weighted by atomic mass is 16.6. The molecule has 0 radical (unpaired) electrons. The highest BCUT2D eigenvalue weighted by Crippen LogP contribution is 1.98. The zero-order valence-corrected chi connectivity index (χ0v) is 11.5. The molecular weight excluding hydrogens is 270 g/mol. The molecule has 3 amide bonds. The Labute approximate surface area is 115 Å². The molecule has 0 aromatic carbocycles. The Morgan fingerprint density at radius 2 is 1.75 bits per heavy atom. The van der Waals surface area contributed by atoms with Crippen LogP contribution in [-0.2, 0) is 14.3 Å². The fraction of sp³-hybridized carbons (Fsp3) is 0.600. The summed E-state index contributed by atoms with van der Waals surface area (Å²) >= 11 is 0. The molecule has 0 aliphatic carbocycles. The third-order valence-corrected chi connectivity index (χ3v) is 1.55. The molecule has 20 heavy (non-hydrogen) atoms. The molecule has 0 rings (SSSR count). The molecule has 0 heterocycles. The van der Waals surface area contributed by atoms with Crippen LogP contribution < -0.4 is 21.5 Å². The number of rotatable bonds is 3. The van der Waals surface area contributed by atoms with Crippen LogP contribution in [0.25, 0.3) is 0 Å². The van der Waals surface area contributed by atoms with Crippen molar-refractivity contribution >= 4 is 23.9 Å². The first kappa shape index (κ1) is 17.6. The summed E-state index contributed by atoms with van der Waals surface area (Å²) in [6.07, 6.45) is -0.763. The van der Waals surface area contributed by atoms with Crippen LogP contribution in [0.5, 0.6) is 0 Å². The lowest BCUT2D eigenvalue weighted by molar-refractivity contribution is -0.125. The zero-order chi connectivity index (χ0) is 15.8. The Morgan fingerprint density at radius 1 is 1.15 bits per heavy atom. The standard InChI is InChI=1S/C10H19N5O5/c1-10(2,3)13-9(19)20-5-7(18)12-8(11)15-14-6(17)4-16/h16H,4-5H2,1-3H3,(H,13,19)(H,14,17)(H3,11,12,15,18). The van der Waals surface area contributed by atoms with Crippen LogP contribution in [0.2, 0.25) is 0 Å². The first-order valence-electron chi connectivity index (χ1n) is 5.63. The Bertz CT molecular complexity index is 390. The molecule has 0 aliphatic rings. The molecule has 0 atom stereocenters. The van der Waals surface area contributed by atoms with Crippen molar-refractivity contribution in [2.45, 2.75) is 26.3 Å². The predicted octanol–water partition coefficient (Wildman–Crippen LogP) is -1.82. The van der Waals surface area contributed by atoms with Crippen molar-refractivity contribution in [1.29, 1.82) is 5.41 Å². The van der Waals surface area contributed by atoms with Gasteiger partial charge in [0.15, 0.2) is 6.61 Å². The number of alkyl carbamates (subject to hydrolysis) is 1. The van der Waals surface area contributed by atoms with Crippen LogP contribution in [0.15, 0.2) is 0 Å². The van der Waals surface area contributed by atoms with E-state index in [-0.39, 0.29) is 0 Å². The van der Waals surface area contributed by atoms with Gasteiger partial charge in [0, 0.05) is 5.54 Å². The van der Waals surface area contributed by atoms with E-state index in [1.54, 1.807) is 20.8 Å². The van der Waals surface area contributed by atoms with Gasteiger partial charge >= 0.3 is 6.09 Å². The minimum absolute atomic E-state index is 0.490. The number of nitrogens with one attached hydrogen (secondary N) is 5. The second-order valence-electron chi connectivity index (χ2n) is 4.71. The van der Waals surface area contributed by atoms with E-state index in [0.717, 1.165) is 0 Å². The number of guanidine groups is 1. The summed E-state index contributed by atoms with van der Waals surface area (Å²) in [5, 5.41) is 20.1. The van der Waals surface area contributed by atoms with E-state index in [1.807, 2.05) is 16.2 Å². The Balaban J connectivity index is 3.91. The van der Waals surface area contributed by atoms with Crippen molar-refractivity contribution in [2.75, 3.05) is 13.2 Å². The third kappa shape index (κ3) is 9.65. The maximum Gasteiger partial charge on any atom is 0.408 e. The van der Waals surface area contributed by atoms with Gasteiger partial charge in [-0.25, -0.2) is 4.79 Å².